The standard InChI is InChI=1S/C10H7Cl2NOS2/c11-6-3-1-2-4-7(6)15-10-13-9(12)8(5-14)16-10/h1-4,14H,5H2. The first-order valence-electron chi connectivity index (χ1n) is 4.39. The Morgan fingerprint density at radius 3 is 2.69 bits per heavy atom. The third-order valence-electron chi connectivity index (χ3n) is 1.81. The molecule has 0 fully saturated rings. The normalized spacial score (nSPS) is 10.7. The first kappa shape index (κ1) is 12.2. The SMILES string of the molecule is OCc1sc(Sc2ccccc2Cl)nc1Cl. The number of thiazole rings is 1. The maximum atomic E-state index is 9.00. The zero-order valence-electron chi connectivity index (χ0n) is 7.98. The third kappa shape index (κ3) is 2.70. The molecule has 0 spiro atoms. The van der Waals surface area contributed by atoms with E-state index in [-0.39, 0.29) is 6.61 Å². The van der Waals surface area contributed by atoms with Crippen molar-refractivity contribution in [1.82, 2.24) is 4.98 Å². The van der Waals surface area contributed by atoms with Crippen molar-refractivity contribution in [2.45, 2.75) is 15.8 Å². The number of halogens is 2. The quantitative estimate of drug-likeness (QED) is 0.924. The fraction of sp³-hybridized carbons (Fsp3) is 0.100. The second-order valence-electron chi connectivity index (χ2n) is 2.88. The lowest BCUT2D eigenvalue weighted by atomic mass is 10.4. The van der Waals surface area contributed by atoms with Crippen molar-refractivity contribution in [2.24, 2.45) is 0 Å². The van der Waals surface area contributed by atoms with Crippen LogP contribution in [0.5, 0.6) is 0 Å². The van der Waals surface area contributed by atoms with Crippen molar-refractivity contribution in [3.8, 4) is 0 Å². The van der Waals surface area contributed by atoms with E-state index < -0.39 is 0 Å². The Bertz CT molecular complexity index is 501. The summed E-state index contributed by atoms with van der Waals surface area (Å²) in [6.45, 7) is -0.0837. The van der Waals surface area contributed by atoms with Gasteiger partial charge in [0.1, 0.15) is 5.15 Å². The molecule has 2 rings (SSSR count). The van der Waals surface area contributed by atoms with Gasteiger partial charge in [-0.25, -0.2) is 4.98 Å². The number of nitrogens with zero attached hydrogens (tertiary/aromatic N) is 1. The first-order chi connectivity index (χ1) is 7.70. The number of hydrogen-bond donors (Lipinski definition) is 1. The molecule has 2 aromatic rings. The van der Waals surface area contributed by atoms with E-state index in [2.05, 4.69) is 4.98 Å². The van der Waals surface area contributed by atoms with Crippen LogP contribution in [0.4, 0.5) is 0 Å². The molecule has 16 heavy (non-hydrogen) atoms. The summed E-state index contributed by atoms with van der Waals surface area (Å²) in [4.78, 5) is 5.75. The molecule has 1 aromatic carbocycles. The molecule has 0 amide bonds. The van der Waals surface area contributed by atoms with Crippen LogP contribution in [0.15, 0.2) is 33.5 Å². The zero-order valence-corrected chi connectivity index (χ0v) is 11.1. The van der Waals surface area contributed by atoms with E-state index in [9.17, 15) is 0 Å². The van der Waals surface area contributed by atoms with Gasteiger partial charge in [-0.05, 0) is 12.1 Å². The van der Waals surface area contributed by atoms with Gasteiger partial charge >= 0.3 is 0 Å². The van der Waals surface area contributed by atoms with Gasteiger partial charge in [0, 0.05) is 4.90 Å². The number of rotatable bonds is 3. The lowest BCUT2D eigenvalue weighted by molar-refractivity contribution is 0.285. The van der Waals surface area contributed by atoms with Crippen LogP contribution < -0.4 is 0 Å². The van der Waals surface area contributed by atoms with Crippen molar-refractivity contribution >= 4 is 46.3 Å². The average molecular weight is 292 g/mol. The van der Waals surface area contributed by atoms with Crippen LogP contribution in [0.2, 0.25) is 10.2 Å². The summed E-state index contributed by atoms with van der Waals surface area (Å²) >= 11 is 14.7. The molecule has 0 aliphatic rings. The van der Waals surface area contributed by atoms with Gasteiger partial charge in [-0.2, -0.15) is 0 Å². The number of aliphatic hydroxyl groups excluding tert-OH is 1. The van der Waals surface area contributed by atoms with Crippen molar-refractivity contribution in [2.75, 3.05) is 0 Å². The summed E-state index contributed by atoms with van der Waals surface area (Å²) in [5.41, 5.74) is 0. The van der Waals surface area contributed by atoms with Gasteiger partial charge in [0.25, 0.3) is 0 Å². The van der Waals surface area contributed by atoms with Crippen LogP contribution in [-0.4, -0.2) is 10.1 Å². The van der Waals surface area contributed by atoms with Crippen LogP contribution >= 0.6 is 46.3 Å². The van der Waals surface area contributed by atoms with E-state index in [1.807, 2.05) is 24.3 Å². The van der Waals surface area contributed by atoms with Gasteiger partial charge in [0.05, 0.1) is 16.5 Å². The minimum Gasteiger partial charge on any atom is -0.391 e. The van der Waals surface area contributed by atoms with E-state index in [0.29, 0.717) is 15.1 Å². The maximum absolute atomic E-state index is 9.00. The van der Waals surface area contributed by atoms with Gasteiger partial charge < -0.3 is 5.11 Å². The third-order valence-corrected chi connectivity index (χ3v) is 4.85. The summed E-state index contributed by atoms with van der Waals surface area (Å²) in [6.07, 6.45) is 0. The second kappa shape index (κ2) is 5.38. The molecule has 0 saturated carbocycles. The van der Waals surface area contributed by atoms with Crippen LogP contribution in [0.3, 0.4) is 0 Å². The number of aromatic nitrogens is 1. The molecule has 6 heteroatoms. The number of benzene rings is 1. The predicted molar refractivity (Wildman–Crippen MR) is 68.6 cm³/mol. The van der Waals surface area contributed by atoms with Crippen LogP contribution in [0, 0.1) is 0 Å². The monoisotopic (exact) mass is 291 g/mol. The van der Waals surface area contributed by atoms with Gasteiger partial charge in [0.15, 0.2) is 4.34 Å². The molecule has 0 atom stereocenters. The smallest absolute Gasteiger partial charge is 0.156 e. The lowest BCUT2D eigenvalue weighted by Crippen LogP contribution is -1.75. The Morgan fingerprint density at radius 1 is 1.31 bits per heavy atom. The van der Waals surface area contributed by atoms with E-state index >= 15 is 0 Å². The van der Waals surface area contributed by atoms with E-state index in [1.165, 1.54) is 23.1 Å². The predicted octanol–water partition coefficient (Wildman–Crippen LogP) is 4.09. The molecule has 1 heterocycles. The first-order valence-corrected chi connectivity index (χ1v) is 6.78. The largest absolute Gasteiger partial charge is 0.391 e. The molecule has 2 nitrogen and oxygen atoms in total. The zero-order chi connectivity index (χ0) is 11.5. The highest BCUT2D eigenvalue weighted by atomic mass is 35.5. The highest BCUT2D eigenvalue weighted by Gasteiger charge is 2.10. The summed E-state index contributed by atoms with van der Waals surface area (Å²) in [7, 11) is 0. The molecular formula is C10H7Cl2NOS2. The Hall–Kier alpha value is -0.260. The fourth-order valence-corrected chi connectivity index (χ4v) is 3.60. The average Bonchev–Trinajstić information content (AvgIpc) is 2.62. The van der Waals surface area contributed by atoms with Gasteiger partial charge in [0.2, 0.25) is 0 Å². The highest BCUT2D eigenvalue weighted by Crippen LogP contribution is 2.37. The molecule has 84 valence electrons. The maximum Gasteiger partial charge on any atom is 0.156 e. The Labute approximate surface area is 111 Å². The van der Waals surface area contributed by atoms with Crippen molar-refractivity contribution in [1.29, 1.82) is 0 Å². The Kier molecular flexibility index (Phi) is 4.10. The lowest BCUT2D eigenvalue weighted by Gasteiger charge is -1.99. The molecule has 0 unspecified atom stereocenters. The van der Waals surface area contributed by atoms with Crippen LogP contribution in [0.1, 0.15) is 4.88 Å². The Balaban J connectivity index is 2.24. The van der Waals surface area contributed by atoms with E-state index in [0.717, 1.165) is 9.24 Å². The van der Waals surface area contributed by atoms with Crippen molar-refractivity contribution < 1.29 is 5.11 Å². The van der Waals surface area contributed by atoms with Crippen molar-refractivity contribution in [3.63, 3.8) is 0 Å². The summed E-state index contributed by atoms with van der Waals surface area (Å²) in [6, 6.07) is 7.53. The molecule has 1 aromatic heterocycles. The molecule has 0 aliphatic heterocycles. The molecule has 0 aliphatic carbocycles. The highest BCUT2D eigenvalue weighted by molar-refractivity contribution is 8.01. The number of aliphatic hydroxyl groups is 1. The molecule has 0 radical (unpaired) electrons. The van der Waals surface area contributed by atoms with Crippen LogP contribution in [0.25, 0.3) is 0 Å². The Morgan fingerprint density at radius 2 is 2.06 bits per heavy atom. The minimum absolute atomic E-state index is 0.0837. The summed E-state index contributed by atoms with van der Waals surface area (Å²) in [5.74, 6) is 0. The van der Waals surface area contributed by atoms with Crippen LogP contribution in [-0.2, 0) is 6.61 Å². The van der Waals surface area contributed by atoms with Gasteiger partial charge in [-0.3, -0.25) is 0 Å². The van der Waals surface area contributed by atoms with E-state index in [1.54, 1.807) is 0 Å². The summed E-state index contributed by atoms with van der Waals surface area (Å²) in [5, 5.41) is 10.1. The molecule has 0 saturated heterocycles. The van der Waals surface area contributed by atoms with Crippen molar-refractivity contribution in [3.05, 3.63) is 39.3 Å². The van der Waals surface area contributed by atoms with Gasteiger partial charge in [-0.15, -0.1) is 11.3 Å². The number of hydrogen-bond acceptors (Lipinski definition) is 4. The van der Waals surface area contributed by atoms with Gasteiger partial charge in [-0.1, -0.05) is 47.1 Å². The molecular weight excluding hydrogens is 285 g/mol. The molecule has 0 bridgehead atoms. The topological polar surface area (TPSA) is 33.1 Å². The molecule has 1 N–H and O–H groups in total. The summed E-state index contributed by atoms with van der Waals surface area (Å²) < 4.78 is 0.780. The second-order valence-corrected chi connectivity index (χ2v) is 6.02. The van der Waals surface area contributed by atoms with E-state index in [4.69, 9.17) is 28.3 Å². The fourth-order valence-electron chi connectivity index (χ4n) is 1.08. The minimum atomic E-state index is -0.0837.